The van der Waals surface area contributed by atoms with Crippen LogP contribution in [0.2, 0.25) is 10.0 Å². The van der Waals surface area contributed by atoms with Crippen LogP contribution < -0.4 is 11.1 Å². The number of halogens is 2. The lowest BCUT2D eigenvalue weighted by molar-refractivity contribution is 0.0911. The Balaban J connectivity index is 2.12. The van der Waals surface area contributed by atoms with Crippen LogP contribution in [-0.4, -0.2) is 11.9 Å². The van der Waals surface area contributed by atoms with Gasteiger partial charge in [-0.25, -0.2) is 0 Å². The highest BCUT2D eigenvalue weighted by atomic mass is 35.5. The van der Waals surface area contributed by atoms with E-state index in [0.29, 0.717) is 22.2 Å². The molecule has 1 aliphatic carbocycles. The zero-order valence-electron chi connectivity index (χ0n) is 12.3. The van der Waals surface area contributed by atoms with Crippen molar-refractivity contribution < 1.29 is 4.79 Å². The molecule has 1 amide bonds. The quantitative estimate of drug-likeness (QED) is 0.789. The number of hydrogen-bond acceptors (Lipinski definition) is 2. The van der Waals surface area contributed by atoms with Gasteiger partial charge in [0.05, 0.1) is 15.6 Å². The van der Waals surface area contributed by atoms with E-state index in [-0.39, 0.29) is 17.0 Å². The second-order valence-electron chi connectivity index (χ2n) is 5.75. The smallest absolute Gasteiger partial charge is 0.253 e. The van der Waals surface area contributed by atoms with E-state index in [1.54, 1.807) is 12.1 Å². The third-order valence-electron chi connectivity index (χ3n) is 4.27. The van der Waals surface area contributed by atoms with E-state index in [1.807, 2.05) is 0 Å². The van der Waals surface area contributed by atoms with Crippen LogP contribution in [0.25, 0.3) is 0 Å². The summed E-state index contributed by atoms with van der Waals surface area (Å²) in [5.41, 5.74) is 6.55. The van der Waals surface area contributed by atoms with Gasteiger partial charge >= 0.3 is 0 Å². The van der Waals surface area contributed by atoms with Crippen LogP contribution in [0.4, 0.5) is 5.69 Å². The van der Waals surface area contributed by atoms with Crippen molar-refractivity contribution in [2.24, 2.45) is 5.92 Å². The van der Waals surface area contributed by atoms with E-state index < -0.39 is 0 Å². The fourth-order valence-electron chi connectivity index (χ4n) is 3.11. The van der Waals surface area contributed by atoms with Gasteiger partial charge in [0.25, 0.3) is 5.91 Å². The number of benzene rings is 1. The van der Waals surface area contributed by atoms with Crippen LogP contribution in [-0.2, 0) is 0 Å². The SMILES string of the molecule is CCC(NC(=O)c1cc(N)cc(Cl)c1Cl)C1CCCCC1. The molecule has 0 aliphatic heterocycles. The van der Waals surface area contributed by atoms with Crippen LogP contribution in [0.15, 0.2) is 12.1 Å². The molecule has 1 fully saturated rings. The van der Waals surface area contributed by atoms with Crippen LogP contribution >= 0.6 is 23.2 Å². The Kier molecular flexibility index (Phi) is 5.77. The second-order valence-corrected chi connectivity index (χ2v) is 6.54. The molecule has 1 unspecified atom stereocenters. The van der Waals surface area contributed by atoms with Crippen LogP contribution in [0.5, 0.6) is 0 Å². The summed E-state index contributed by atoms with van der Waals surface area (Å²) in [7, 11) is 0. The monoisotopic (exact) mass is 328 g/mol. The highest BCUT2D eigenvalue weighted by Crippen LogP contribution is 2.30. The van der Waals surface area contributed by atoms with Crippen molar-refractivity contribution in [3.8, 4) is 0 Å². The van der Waals surface area contributed by atoms with Crippen molar-refractivity contribution in [2.75, 3.05) is 5.73 Å². The summed E-state index contributed by atoms with van der Waals surface area (Å²) in [6.45, 7) is 2.10. The molecular weight excluding hydrogens is 307 g/mol. The lowest BCUT2D eigenvalue weighted by atomic mass is 9.83. The maximum atomic E-state index is 12.5. The van der Waals surface area contributed by atoms with Gasteiger partial charge in [0.1, 0.15) is 0 Å². The predicted octanol–water partition coefficient (Wildman–Crippen LogP) is 4.66. The van der Waals surface area contributed by atoms with Gasteiger partial charge in [-0.1, -0.05) is 49.4 Å². The lowest BCUT2D eigenvalue weighted by Crippen LogP contribution is -2.40. The first-order chi connectivity index (χ1) is 10.0. The van der Waals surface area contributed by atoms with Crippen LogP contribution in [0.1, 0.15) is 55.8 Å². The van der Waals surface area contributed by atoms with E-state index in [1.165, 1.54) is 32.1 Å². The summed E-state index contributed by atoms with van der Waals surface area (Å²) < 4.78 is 0. The molecule has 2 rings (SSSR count). The fraction of sp³-hybridized carbons (Fsp3) is 0.562. The van der Waals surface area contributed by atoms with Crippen molar-refractivity contribution in [1.29, 1.82) is 0 Å². The third kappa shape index (κ3) is 4.04. The molecule has 1 saturated carbocycles. The molecule has 0 heterocycles. The highest BCUT2D eigenvalue weighted by molar-refractivity contribution is 6.44. The van der Waals surface area contributed by atoms with Gasteiger partial charge in [-0.15, -0.1) is 0 Å². The number of carbonyl (C=O) groups excluding carboxylic acids is 1. The molecule has 0 saturated heterocycles. The molecule has 1 atom stereocenters. The number of rotatable bonds is 4. The number of amides is 1. The van der Waals surface area contributed by atoms with Crippen molar-refractivity contribution in [3.05, 3.63) is 27.7 Å². The molecule has 1 aromatic rings. The number of nitrogens with two attached hydrogens (primary N) is 1. The predicted molar refractivity (Wildman–Crippen MR) is 89.0 cm³/mol. The Hall–Kier alpha value is -0.930. The topological polar surface area (TPSA) is 55.1 Å². The Labute approximate surface area is 136 Å². The molecule has 0 radical (unpaired) electrons. The third-order valence-corrected chi connectivity index (χ3v) is 5.07. The van der Waals surface area contributed by atoms with Gasteiger partial charge in [-0.3, -0.25) is 4.79 Å². The molecule has 0 aromatic heterocycles. The summed E-state index contributed by atoms with van der Waals surface area (Å²) in [6.07, 6.45) is 7.10. The molecule has 3 nitrogen and oxygen atoms in total. The average molecular weight is 329 g/mol. The summed E-state index contributed by atoms with van der Waals surface area (Å²) >= 11 is 12.1. The van der Waals surface area contributed by atoms with Crippen molar-refractivity contribution in [1.82, 2.24) is 5.32 Å². The van der Waals surface area contributed by atoms with Crippen molar-refractivity contribution in [3.63, 3.8) is 0 Å². The Morgan fingerprint density at radius 3 is 2.62 bits per heavy atom. The second kappa shape index (κ2) is 7.37. The van der Waals surface area contributed by atoms with E-state index in [2.05, 4.69) is 12.2 Å². The zero-order valence-corrected chi connectivity index (χ0v) is 13.8. The summed E-state index contributed by atoms with van der Waals surface area (Å²) in [6, 6.07) is 3.32. The maximum Gasteiger partial charge on any atom is 0.253 e. The molecule has 3 N–H and O–H groups in total. The molecule has 1 aromatic carbocycles. The van der Waals surface area contributed by atoms with Gasteiger partial charge in [0, 0.05) is 11.7 Å². The molecule has 1 aliphatic rings. The number of carbonyl (C=O) groups is 1. The first-order valence-electron chi connectivity index (χ1n) is 7.58. The lowest BCUT2D eigenvalue weighted by Gasteiger charge is -2.30. The van der Waals surface area contributed by atoms with E-state index in [9.17, 15) is 4.79 Å². The minimum Gasteiger partial charge on any atom is -0.399 e. The first kappa shape index (κ1) is 16.4. The molecule has 21 heavy (non-hydrogen) atoms. The molecular formula is C16H22Cl2N2O. The largest absolute Gasteiger partial charge is 0.399 e. The minimum atomic E-state index is -0.188. The van der Waals surface area contributed by atoms with E-state index in [0.717, 1.165) is 6.42 Å². The highest BCUT2D eigenvalue weighted by Gasteiger charge is 2.25. The number of hydrogen-bond donors (Lipinski definition) is 2. The van der Waals surface area contributed by atoms with E-state index in [4.69, 9.17) is 28.9 Å². The van der Waals surface area contributed by atoms with E-state index >= 15 is 0 Å². The molecule has 5 heteroatoms. The fourth-order valence-corrected chi connectivity index (χ4v) is 3.53. The number of nitrogen functional groups attached to an aromatic ring is 1. The minimum absolute atomic E-state index is 0.188. The normalized spacial score (nSPS) is 17.5. The van der Waals surface area contributed by atoms with Gasteiger partial charge in [0.2, 0.25) is 0 Å². The first-order valence-corrected chi connectivity index (χ1v) is 8.34. The standard InChI is InChI=1S/C16H22Cl2N2O/c1-2-14(10-6-4-3-5-7-10)20-16(21)12-8-11(19)9-13(17)15(12)18/h8-10,14H,2-7,19H2,1H3,(H,20,21). The summed E-state index contributed by atoms with van der Waals surface area (Å²) in [5, 5.41) is 3.69. The van der Waals surface area contributed by atoms with Crippen molar-refractivity contribution in [2.45, 2.75) is 51.5 Å². The molecule has 116 valence electrons. The van der Waals surface area contributed by atoms with Crippen LogP contribution in [0.3, 0.4) is 0 Å². The van der Waals surface area contributed by atoms with Gasteiger partial charge in [0.15, 0.2) is 0 Å². The summed E-state index contributed by atoms with van der Waals surface area (Å²) in [5.74, 6) is 0.370. The summed E-state index contributed by atoms with van der Waals surface area (Å²) in [4.78, 5) is 12.5. The Morgan fingerprint density at radius 1 is 1.33 bits per heavy atom. The molecule has 0 spiro atoms. The van der Waals surface area contributed by atoms with Crippen LogP contribution in [0, 0.1) is 5.92 Å². The average Bonchev–Trinajstić information content (AvgIpc) is 2.49. The van der Waals surface area contributed by atoms with Gasteiger partial charge < -0.3 is 11.1 Å². The van der Waals surface area contributed by atoms with Crippen molar-refractivity contribution >= 4 is 34.8 Å². The Morgan fingerprint density at radius 2 is 2.00 bits per heavy atom. The zero-order chi connectivity index (χ0) is 15.4. The van der Waals surface area contributed by atoms with Gasteiger partial charge in [-0.05, 0) is 37.3 Å². The Bertz CT molecular complexity index is 513. The maximum absolute atomic E-state index is 12.5. The number of anilines is 1. The number of nitrogens with one attached hydrogen (secondary N) is 1. The molecule has 0 bridgehead atoms. The van der Waals surface area contributed by atoms with Gasteiger partial charge in [-0.2, -0.15) is 0 Å².